The Bertz CT molecular complexity index is 1560. The fourth-order valence-corrected chi connectivity index (χ4v) is 6.70. The number of Topliss-reactive ketones (excluding diaryl/α,β-unsaturated/α-hetero) is 1. The first-order chi connectivity index (χ1) is 21.4. The van der Waals surface area contributed by atoms with Gasteiger partial charge in [0.15, 0.2) is 17.4 Å². The summed E-state index contributed by atoms with van der Waals surface area (Å²) < 4.78 is 46.1. The minimum Gasteiger partial charge on any atom is -0.400 e. The van der Waals surface area contributed by atoms with Crippen molar-refractivity contribution >= 4 is 21.2 Å². The van der Waals surface area contributed by atoms with Crippen LogP contribution in [-0.4, -0.2) is 46.0 Å². The van der Waals surface area contributed by atoms with Crippen LogP contribution in [0.2, 0.25) is 5.04 Å². The van der Waals surface area contributed by atoms with Crippen LogP contribution < -0.4 is 4.90 Å². The molecule has 0 aromatic heterocycles. The van der Waals surface area contributed by atoms with Crippen LogP contribution in [0.25, 0.3) is 0 Å². The number of ketones is 1. The van der Waals surface area contributed by atoms with Crippen molar-refractivity contribution in [3.8, 4) is 0 Å². The Morgan fingerprint density at radius 1 is 0.867 bits per heavy atom. The Labute approximate surface area is 266 Å². The second kappa shape index (κ2) is 13.3. The predicted molar refractivity (Wildman–Crippen MR) is 174 cm³/mol. The van der Waals surface area contributed by atoms with Gasteiger partial charge >= 0.3 is 0 Å². The van der Waals surface area contributed by atoms with Crippen molar-refractivity contribution in [1.29, 1.82) is 0 Å². The van der Waals surface area contributed by atoms with E-state index < -0.39 is 34.7 Å². The van der Waals surface area contributed by atoms with Crippen molar-refractivity contribution < 1.29 is 27.8 Å². The van der Waals surface area contributed by atoms with Crippen LogP contribution in [0.5, 0.6) is 0 Å². The van der Waals surface area contributed by atoms with Crippen LogP contribution in [0.3, 0.4) is 0 Å². The summed E-state index contributed by atoms with van der Waals surface area (Å²) in [7, 11) is -0.0703. The van der Waals surface area contributed by atoms with Crippen LogP contribution in [0.1, 0.15) is 73.3 Å². The normalized spacial score (nSPS) is 18.1. The molecular weight excluding hydrogens is 588 g/mol. The molecule has 5 rings (SSSR count). The Balaban J connectivity index is 1.87. The third-order valence-electron chi connectivity index (χ3n) is 7.80. The zero-order chi connectivity index (χ0) is 32.4. The number of hydrogen-bond acceptors (Lipinski definition) is 5. The van der Waals surface area contributed by atoms with Gasteiger partial charge in [-0.3, -0.25) is 4.79 Å². The standard InChI is InChI=1S/C37H39F2NO4Si/c1-24-22-40(23-25(2)43-24)33-30(21-29(31(38)32(33)39)35(42)34(41)26-15-9-6-10-16-26)37(44-45-36(3,4)5,27-17-11-7-12-18-27)28-19-13-8-14-20-28/h6-21,24-25,34,41H,22-23H2,1-5H3/t24-,25+,34?. The van der Waals surface area contributed by atoms with Gasteiger partial charge in [-0.15, -0.1) is 0 Å². The fraction of sp³-hybridized carbons (Fsp3) is 0.324. The number of morpholine rings is 1. The van der Waals surface area contributed by atoms with E-state index in [1.165, 1.54) is 6.07 Å². The average Bonchev–Trinajstić information content (AvgIpc) is 3.02. The van der Waals surface area contributed by atoms with Crippen molar-refractivity contribution in [2.45, 2.75) is 63.6 Å². The number of benzene rings is 4. The zero-order valence-electron chi connectivity index (χ0n) is 26.3. The lowest BCUT2D eigenvalue weighted by Crippen LogP contribution is -2.48. The Morgan fingerprint density at radius 3 is 1.84 bits per heavy atom. The highest BCUT2D eigenvalue weighted by Crippen LogP contribution is 2.48. The average molecular weight is 628 g/mol. The number of carbonyl (C=O) groups excluding carboxylic acids is 1. The van der Waals surface area contributed by atoms with E-state index in [1.807, 2.05) is 74.5 Å². The van der Waals surface area contributed by atoms with Crippen LogP contribution in [0.15, 0.2) is 97.1 Å². The molecule has 0 spiro atoms. The molecule has 1 saturated heterocycles. The lowest BCUT2D eigenvalue weighted by atomic mass is 9.78. The van der Waals surface area contributed by atoms with Gasteiger partial charge in [0.05, 0.1) is 23.5 Å². The van der Waals surface area contributed by atoms with E-state index in [-0.39, 0.29) is 43.8 Å². The molecule has 0 saturated carbocycles. The number of aliphatic hydroxyl groups excluding tert-OH is 1. The summed E-state index contributed by atoms with van der Waals surface area (Å²) in [6, 6.07) is 28.5. The van der Waals surface area contributed by atoms with Gasteiger partial charge in [0.2, 0.25) is 9.76 Å². The largest absolute Gasteiger partial charge is 0.400 e. The molecule has 5 nitrogen and oxygen atoms in total. The van der Waals surface area contributed by atoms with E-state index >= 15 is 8.78 Å². The SMILES string of the molecule is C[C@@H]1CN(c2c(C(O[Si]C(C)(C)C)(c3ccccc3)c3ccccc3)cc(C(=O)C(O)c3ccccc3)c(F)c2F)C[C@H](C)O1. The number of anilines is 1. The van der Waals surface area contributed by atoms with Crippen LogP contribution in [0.4, 0.5) is 14.5 Å². The lowest BCUT2D eigenvalue weighted by molar-refractivity contribution is -0.00567. The summed E-state index contributed by atoms with van der Waals surface area (Å²) in [5.74, 6) is -3.42. The minimum atomic E-state index is -1.69. The molecule has 0 amide bonds. The molecule has 8 heteroatoms. The molecule has 1 aliphatic heterocycles. The highest BCUT2D eigenvalue weighted by atomic mass is 28.2. The van der Waals surface area contributed by atoms with Crippen molar-refractivity contribution in [3.05, 3.63) is 137 Å². The molecule has 3 atom stereocenters. The minimum absolute atomic E-state index is 0.00617. The fourth-order valence-electron chi connectivity index (χ4n) is 5.89. The summed E-state index contributed by atoms with van der Waals surface area (Å²) in [4.78, 5) is 15.6. The van der Waals surface area contributed by atoms with Gasteiger partial charge < -0.3 is 19.2 Å². The van der Waals surface area contributed by atoms with Crippen molar-refractivity contribution in [1.82, 2.24) is 0 Å². The molecule has 0 aliphatic carbocycles. The first-order valence-corrected chi connectivity index (χ1v) is 16.1. The Kier molecular flexibility index (Phi) is 9.70. The number of rotatable bonds is 9. The van der Waals surface area contributed by atoms with Gasteiger partial charge in [0.25, 0.3) is 0 Å². The third kappa shape index (κ3) is 6.79. The number of carbonyl (C=O) groups is 1. The molecule has 234 valence electrons. The molecule has 1 aliphatic rings. The predicted octanol–water partition coefficient (Wildman–Crippen LogP) is 7.64. The van der Waals surface area contributed by atoms with Gasteiger partial charge in [-0.1, -0.05) is 112 Å². The third-order valence-corrected chi connectivity index (χ3v) is 8.82. The monoisotopic (exact) mass is 627 g/mol. The van der Waals surface area contributed by atoms with Gasteiger partial charge in [0, 0.05) is 18.7 Å². The van der Waals surface area contributed by atoms with Crippen molar-refractivity contribution in [2.75, 3.05) is 18.0 Å². The molecule has 4 aromatic rings. The van der Waals surface area contributed by atoms with E-state index in [0.29, 0.717) is 24.2 Å². The Hall–Kier alpha value is -3.69. The first-order valence-electron chi connectivity index (χ1n) is 15.2. The van der Waals surface area contributed by atoms with E-state index in [2.05, 4.69) is 20.8 Å². The number of aliphatic hydroxyl groups is 1. The highest BCUT2D eigenvalue weighted by molar-refractivity contribution is 6.32. The maximum absolute atomic E-state index is 16.9. The summed E-state index contributed by atoms with van der Waals surface area (Å²) >= 11 is 0. The smallest absolute Gasteiger partial charge is 0.237 e. The molecule has 1 heterocycles. The van der Waals surface area contributed by atoms with Gasteiger partial charge in [-0.25, -0.2) is 8.78 Å². The quantitative estimate of drug-likeness (QED) is 0.117. The van der Waals surface area contributed by atoms with E-state index in [1.54, 1.807) is 35.2 Å². The summed E-state index contributed by atoms with van der Waals surface area (Å²) in [5.41, 5.74) is -0.0434. The molecule has 0 bridgehead atoms. The zero-order valence-corrected chi connectivity index (χ0v) is 27.3. The van der Waals surface area contributed by atoms with Crippen LogP contribution in [-0.2, 0) is 14.8 Å². The van der Waals surface area contributed by atoms with Crippen molar-refractivity contribution in [2.24, 2.45) is 0 Å². The number of ether oxygens (including phenoxy) is 1. The maximum atomic E-state index is 16.9. The topological polar surface area (TPSA) is 59.0 Å². The highest BCUT2D eigenvalue weighted by Gasteiger charge is 2.45. The lowest BCUT2D eigenvalue weighted by Gasteiger charge is -2.43. The molecule has 45 heavy (non-hydrogen) atoms. The van der Waals surface area contributed by atoms with Crippen LogP contribution in [0, 0.1) is 11.6 Å². The molecule has 1 unspecified atom stereocenters. The second-order valence-electron chi connectivity index (χ2n) is 12.7. The molecule has 1 N–H and O–H groups in total. The van der Waals surface area contributed by atoms with Gasteiger partial charge in [-0.2, -0.15) is 0 Å². The van der Waals surface area contributed by atoms with E-state index in [4.69, 9.17) is 9.16 Å². The summed E-state index contributed by atoms with van der Waals surface area (Å²) in [6.07, 6.45) is -2.21. The van der Waals surface area contributed by atoms with Gasteiger partial charge in [-0.05, 0) is 41.6 Å². The molecule has 4 aromatic carbocycles. The van der Waals surface area contributed by atoms with Crippen LogP contribution >= 0.6 is 0 Å². The molecular formula is C37H39F2NO4Si. The number of hydrogen-bond donors (Lipinski definition) is 1. The van der Waals surface area contributed by atoms with E-state index in [9.17, 15) is 9.90 Å². The molecule has 1 fully saturated rings. The Morgan fingerprint density at radius 2 is 1.36 bits per heavy atom. The summed E-state index contributed by atoms with van der Waals surface area (Å²) in [6.45, 7) is 10.5. The summed E-state index contributed by atoms with van der Waals surface area (Å²) in [5, 5.41) is 10.8. The second-order valence-corrected chi connectivity index (χ2v) is 14.6. The van der Waals surface area contributed by atoms with E-state index in [0.717, 1.165) is 0 Å². The molecule has 2 radical (unpaired) electrons. The number of nitrogens with zero attached hydrogens (tertiary/aromatic N) is 1. The first kappa shape index (κ1) is 32.7. The maximum Gasteiger partial charge on any atom is 0.237 e. The van der Waals surface area contributed by atoms with Crippen molar-refractivity contribution in [3.63, 3.8) is 0 Å². The number of halogens is 2. The van der Waals surface area contributed by atoms with Gasteiger partial charge in [0.1, 0.15) is 11.7 Å².